The molecule has 0 aliphatic carbocycles. The lowest BCUT2D eigenvalue weighted by Gasteiger charge is -2.05. The lowest BCUT2D eigenvalue weighted by molar-refractivity contribution is 0.259. The molecule has 0 bridgehead atoms. The summed E-state index contributed by atoms with van der Waals surface area (Å²) in [6.45, 7) is 0. The number of nitrogens with zero attached hydrogens (tertiary/aromatic N) is 1. The van der Waals surface area contributed by atoms with Crippen LogP contribution in [0.5, 0.6) is 0 Å². The van der Waals surface area contributed by atoms with E-state index in [2.05, 4.69) is 10.3 Å². The van der Waals surface area contributed by atoms with E-state index in [-0.39, 0.29) is 5.82 Å². The monoisotopic (exact) mass is 259 g/mol. The number of nitrogens with one attached hydrogen (secondary N) is 1. The van der Waals surface area contributed by atoms with Crippen molar-refractivity contribution < 1.29 is 9.18 Å². The number of primary amides is 1. The normalized spacial score (nSPS) is 10.2. The van der Waals surface area contributed by atoms with Gasteiger partial charge in [-0.2, -0.15) is 0 Å². The van der Waals surface area contributed by atoms with E-state index in [1.807, 2.05) is 6.07 Å². The number of hydrogen-bond acceptors (Lipinski definition) is 2. The Kier molecular flexibility index (Phi) is 4.07. The SMILES string of the molecule is NC(=O)Nc1cc(CCc2ccc(F)cc2)ccn1. The standard InChI is InChI=1S/C14H14FN3O/c15-12-5-3-10(4-6-12)1-2-11-7-8-17-13(9-11)18-14(16)19/h3-9H,1-2H2,(H3,16,17,18,19). The van der Waals surface area contributed by atoms with Gasteiger partial charge in [0, 0.05) is 6.20 Å². The molecule has 1 aromatic heterocycles. The number of urea groups is 1. The van der Waals surface area contributed by atoms with Crippen LogP contribution in [0.2, 0.25) is 0 Å². The predicted octanol–water partition coefficient (Wildman–Crippen LogP) is 2.50. The molecule has 2 aromatic rings. The summed E-state index contributed by atoms with van der Waals surface area (Å²) in [6, 6.07) is 9.43. The lowest BCUT2D eigenvalue weighted by atomic mass is 10.1. The zero-order valence-electron chi connectivity index (χ0n) is 10.3. The summed E-state index contributed by atoms with van der Waals surface area (Å²) in [5.74, 6) is 0.199. The number of carbonyl (C=O) groups excluding carboxylic acids is 1. The maximum atomic E-state index is 12.8. The quantitative estimate of drug-likeness (QED) is 0.885. The second kappa shape index (κ2) is 5.95. The maximum absolute atomic E-state index is 12.8. The van der Waals surface area contributed by atoms with Gasteiger partial charge in [-0.05, 0) is 48.2 Å². The van der Waals surface area contributed by atoms with Gasteiger partial charge in [0.25, 0.3) is 0 Å². The second-order valence-electron chi connectivity index (χ2n) is 4.17. The molecule has 0 spiro atoms. The van der Waals surface area contributed by atoms with Crippen LogP contribution in [-0.2, 0) is 12.8 Å². The largest absolute Gasteiger partial charge is 0.351 e. The minimum absolute atomic E-state index is 0.236. The molecule has 0 aliphatic heterocycles. The minimum atomic E-state index is -0.636. The van der Waals surface area contributed by atoms with Crippen LogP contribution in [0.3, 0.4) is 0 Å². The lowest BCUT2D eigenvalue weighted by Crippen LogP contribution is -2.20. The van der Waals surface area contributed by atoms with Gasteiger partial charge in [0.15, 0.2) is 0 Å². The number of nitrogens with two attached hydrogens (primary N) is 1. The van der Waals surface area contributed by atoms with Crippen LogP contribution in [-0.4, -0.2) is 11.0 Å². The Morgan fingerprint density at radius 3 is 2.53 bits per heavy atom. The van der Waals surface area contributed by atoms with E-state index in [1.165, 1.54) is 12.1 Å². The number of aryl methyl sites for hydroxylation is 2. The highest BCUT2D eigenvalue weighted by molar-refractivity contribution is 5.86. The second-order valence-corrected chi connectivity index (χ2v) is 4.17. The third kappa shape index (κ3) is 4.06. The summed E-state index contributed by atoms with van der Waals surface area (Å²) in [5.41, 5.74) is 7.12. The fraction of sp³-hybridized carbons (Fsp3) is 0.143. The summed E-state index contributed by atoms with van der Waals surface area (Å²) in [6.07, 6.45) is 3.19. The third-order valence-electron chi connectivity index (χ3n) is 2.69. The molecule has 98 valence electrons. The molecule has 2 rings (SSSR count). The van der Waals surface area contributed by atoms with E-state index < -0.39 is 6.03 Å². The molecule has 4 nitrogen and oxygen atoms in total. The molecule has 5 heteroatoms. The molecule has 19 heavy (non-hydrogen) atoms. The summed E-state index contributed by atoms with van der Waals surface area (Å²) >= 11 is 0. The van der Waals surface area contributed by atoms with Crippen LogP contribution in [0, 0.1) is 5.82 Å². The number of hydrogen-bond donors (Lipinski definition) is 2. The average molecular weight is 259 g/mol. The first-order chi connectivity index (χ1) is 9.13. The van der Waals surface area contributed by atoms with Gasteiger partial charge >= 0.3 is 6.03 Å². The van der Waals surface area contributed by atoms with E-state index in [0.717, 1.165) is 24.0 Å². The van der Waals surface area contributed by atoms with Crippen LogP contribution in [0.15, 0.2) is 42.6 Å². The Bertz CT molecular complexity index is 569. The highest BCUT2D eigenvalue weighted by Crippen LogP contribution is 2.11. The molecule has 0 radical (unpaired) electrons. The summed E-state index contributed by atoms with van der Waals surface area (Å²) in [4.78, 5) is 14.7. The minimum Gasteiger partial charge on any atom is -0.351 e. The maximum Gasteiger partial charge on any atom is 0.317 e. The Balaban J connectivity index is 1.99. The third-order valence-corrected chi connectivity index (χ3v) is 2.69. The fourth-order valence-electron chi connectivity index (χ4n) is 1.76. The zero-order valence-corrected chi connectivity index (χ0v) is 10.3. The van der Waals surface area contributed by atoms with Crippen molar-refractivity contribution >= 4 is 11.8 Å². The van der Waals surface area contributed by atoms with Gasteiger partial charge in [-0.1, -0.05) is 12.1 Å². The van der Waals surface area contributed by atoms with E-state index in [1.54, 1.807) is 24.4 Å². The first-order valence-electron chi connectivity index (χ1n) is 5.89. The number of pyridine rings is 1. The first-order valence-corrected chi connectivity index (χ1v) is 5.89. The smallest absolute Gasteiger partial charge is 0.317 e. The van der Waals surface area contributed by atoms with E-state index in [4.69, 9.17) is 5.73 Å². The van der Waals surface area contributed by atoms with Gasteiger partial charge in [-0.15, -0.1) is 0 Å². The van der Waals surface area contributed by atoms with Crippen molar-refractivity contribution in [1.29, 1.82) is 0 Å². The number of benzene rings is 1. The van der Waals surface area contributed by atoms with Gasteiger partial charge < -0.3 is 5.73 Å². The van der Waals surface area contributed by atoms with Crippen LogP contribution < -0.4 is 11.1 Å². The Hall–Kier alpha value is -2.43. The molecule has 2 amide bonds. The number of carbonyl (C=O) groups is 1. The number of rotatable bonds is 4. The number of halogens is 1. The molecular weight excluding hydrogens is 245 g/mol. The predicted molar refractivity (Wildman–Crippen MR) is 71.3 cm³/mol. The van der Waals surface area contributed by atoms with E-state index in [0.29, 0.717) is 5.82 Å². The first kappa shape index (κ1) is 13.0. The Morgan fingerprint density at radius 1 is 1.16 bits per heavy atom. The van der Waals surface area contributed by atoms with Gasteiger partial charge in [-0.3, -0.25) is 5.32 Å². The number of aromatic nitrogens is 1. The van der Waals surface area contributed by atoms with E-state index in [9.17, 15) is 9.18 Å². The van der Waals surface area contributed by atoms with Crippen molar-refractivity contribution in [1.82, 2.24) is 4.98 Å². The van der Waals surface area contributed by atoms with Gasteiger partial charge in [0.05, 0.1) is 0 Å². The average Bonchev–Trinajstić information content (AvgIpc) is 2.38. The van der Waals surface area contributed by atoms with Crippen LogP contribution >= 0.6 is 0 Å². The van der Waals surface area contributed by atoms with Crippen molar-refractivity contribution in [3.8, 4) is 0 Å². The van der Waals surface area contributed by atoms with Crippen molar-refractivity contribution in [2.45, 2.75) is 12.8 Å². The van der Waals surface area contributed by atoms with E-state index >= 15 is 0 Å². The number of anilines is 1. The molecule has 0 aliphatic rings. The van der Waals surface area contributed by atoms with Crippen molar-refractivity contribution in [3.05, 3.63) is 59.5 Å². The zero-order chi connectivity index (χ0) is 13.7. The topological polar surface area (TPSA) is 68.0 Å². The molecule has 0 saturated carbocycles. The molecule has 1 aromatic carbocycles. The molecule has 3 N–H and O–H groups in total. The molecule has 0 fully saturated rings. The fourth-order valence-corrected chi connectivity index (χ4v) is 1.76. The highest BCUT2D eigenvalue weighted by atomic mass is 19.1. The summed E-state index contributed by atoms with van der Waals surface area (Å²) < 4.78 is 12.8. The van der Waals surface area contributed by atoms with Crippen molar-refractivity contribution in [3.63, 3.8) is 0 Å². The van der Waals surface area contributed by atoms with Crippen molar-refractivity contribution in [2.75, 3.05) is 5.32 Å². The molecular formula is C14H14FN3O. The Labute approximate surface area is 110 Å². The Morgan fingerprint density at radius 2 is 1.84 bits per heavy atom. The summed E-state index contributed by atoms with van der Waals surface area (Å²) in [5, 5.41) is 2.43. The molecule has 0 saturated heterocycles. The van der Waals surface area contributed by atoms with Crippen molar-refractivity contribution in [2.24, 2.45) is 5.73 Å². The van der Waals surface area contributed by atoms with Crippen LogP contribution in [0.25, 0.3) is 0 Å². The molecule has 0 unspecified atom stereocenters. The van der Waals surface area contributed by atoms with Crippen LogP contribution in [0.4, 0.5) is 15.0 Å². The number of amides is 2. The van der Waals surface area contributed by atoms with Gasteiger partial charge in [0.1, 0.15) is 11.6 Å². The highest BCUT2D eigenvalue weighted by Gasteiger charge is 2.01. The van der Waals surface area contributed by atoms with Crippen LogP contribution in [0.1, 0.15) is 11.1 Å². The molecule has 1 heterocycles. The van der Waals surface area contributed by atoms with Gasteiger partial charge in [-0.25, -0.2) is 14.2 Å². The summed E-state index contributed by atoms with van der Waals surface area (Å²) in [7, 11) is 0. The van der Waals surface area contributed by atoms with Gasteiger partial charge in [0.2, 0.25) is 0 Å². The molecule has 0 atom stereocenters.